The predicted molar refractivity (Wildman–Crippen MR) is 140 cm³/mol. The molecule has 2 aliphatic heterocycles. The van der Waals surface area contributed by atoms with Crippen LogP contribution in [0.3, 0.4) is 0 Å². The smallest absolute Gasteiger partial charge is 0.129 e. The van der Waals surface area contributed by atoms with E-state index in [0.29, 0.717) is 23.9 Å². The first-order valence-corrected chi connectivity index (χ1v) is 13.7. The zero-order valence-corrected chi connectivity index (χ0v) is 20.9. The lowest BCUT2D eigenvalue weighted by molar-refractivity contribution is 0.316. The Bertz CT molecular complexity index is 1110. The van der Waals surface area contributed by atoms with Gasteiger partial charge in [0.15, 0.2) is 0 Å². The average molecular weight is 480 g/mol. The first kappa shape index (κ1) is 23.2. The summed E-state index contributed by atoms with van der Waals surface area (Å²) in [6, 6.07) is 17.5. The van der Waals surface area contributed by atoms with Gasteiger partial charge in [-0.3, -0.25) is 0 Å². The van der Waals surface area contributed by atoms with Gasteiger partial charge in [0.2, 0.25) is 0 Å². The summed E-state index contributed by atoms with van der Waals surface area (Å²) in [7, 11) is -0.0268. The topological polar surface area (TPSA) is 37.2 Å². The first-order valence-electron chi connectivity index (χ1n) is 12.3. The number of hydrogen-bond acceptors (Lipinski definition) is 4. The van der Waals surface area contributed by atoms with Crippen molar-refractivity contribution in [3.63, 3.8) is 0 Å². The molecular formula is C27H34FN5S. The SMILES string of the molecule is C/C=S1\C(c2ccccc2)CC[C@H](C)N1Cc1ccc(N2CCC(n3cnnc3)CC2)cc1F. The van der Waals surface area contributed by atoms with Crippen molar-refractivity contribution < 1.29 is 4.39 Å². The predicted octanol–water partition coefficient (Wildman–Crippen LogP) is 5.99. The van der Waals surface area contributed by atoms with Crippen LogP contribution in [-0.2, 0) is 6.54 Å². The molecule has 3 atom stereocenters. The number of benzene rings is 2. The van der Waals surface area contributed by atoms with Crippen LogP contribution in [0, 0.1) is 5.82 Å². The summed E-state index contributed by atoms with van der Waals surface area (Å²) >= 11 is 0. The van der Waals surface area contributed by atoms with Gasteiger partial charge >= 0.3 is 0 Å². The van der Waals surface area contributed by atoms with Crippen molar-refractivity contribution in [1.29, 1.82) is 0 Å². The molecule has 5 rings (SSSR count). The molecule has 3 heterocycles. The van der Waals surface area contributed by atoms with Crippen molar-refractivity contribution in [2.24, 2.45) is 0 Å². The fourth-order valence-corrected chi connectivity index (χ4v) is 7.93. The van der Waals surface area contributed by atoms with Gasteiger partial charge in [-0.05, 0) is 62.6 Å². The molecule has 2 unspecified atom stereocenters. The van der Waals surface area contributed by atoms with Gasteiger partial charge in [-0.25, -0.2) is 8.70 Å². The number of rotatable bonds is 5. The van der Waals surface area contributed by atoms with Crippen molar-refractivity contribution in [3.8, 4) is 0 Å². The van der Waals surface area contributed by atoms with E-state index < -0.39 is 0 Å². The largest absolute Gasteiger partial charge is 0.371 e. The van der Waals surface area contributed by atoms with Crippen molar-refractivity contribution >= 4 is 21.7 Å². The van der Waals surface area contributed by atoms with Crippen LogP contribution in [0.1, 0.15) is 61.9 Å². The van der Waals surface area contributed by atoms with Crippen molar-refractivity contribution in [2.45, 2.75) is 63.4 Å². The summed E-state index contributed by atoms with van der Waals surface area (Å²) in [5, 5.41) is 10.7. The van der Waals surface area contributed by atoms with Crippen molar-refractivity contribution in [2.75, 3.05) is 18.0 Å². The molecule has 2 fully saturated rings. The lowest BCUT2D eigenvalue weighted by Gasteiger charge is -2.42. The number of hydrogen-bond donors (Lipinski definition) is 0. The van der Waals surface area contributed by atoms with Crippen LogP contribution in [0.15, 0.2) is 61.2 Å². The van der Waals surface area contributed by atoms with Crippen molar-refractivity contribution in [1.82, 2.24) is 19.1 Å². The zero-order chi connectivity index (χ0) is 23.5. The minimum Gasteiger partial charge on any atom is -0.371 e. The summed E-state index contributed by atoms with van der Waals surface area (Å²) in [4.78, 5) is 2.30. The van der Waals surface area contributed by atoms with E-state index in [0.717, 1.165) is 43.6 Å². The molecule has 180 valence electrons. The molecule has 34 heavy (non-hydrogen) atoms. The van der Waals surface area contributed by atoms with E-state index in [2.05, 4.69) is 79.6 Å². The molecule has 0 amide bonds. The lowest BCUT2D eigenvalue weighted by atomic mass is 10.0. The number of nitrogens with zero attached hydrogens (tertiary/aromatic N) is 5. The Kier molecular flexibility index (Phi) is 7.11. The van der Waals surface area contributed by atoms with Crippen LogP contribution >= 0.6 is 10.7 Å². The Balaban J connectivity index is 1.29. The Labute approximate surface area is 204 Å². The minimum absolute atomic E-state index is 0.0268. The molecular weight excluding hydrogens is 445 g/mol. The second-order valence-corrected chi connectivity index (χ2v) is 11.6. The van der Waals surface area contributed by atoms with Crippen LogP contribution in [-0.4, -0.2) is 43.6 Å². The number of halogens is 1. The second kappa shape index (κ2) is 10.4. The molecule has 0 radical (unpaired) electrons. The second-order valence-electron chi connectivity index (χ2n) is 9.39. The van der Waals surface area contributed by atoms with E-state index >= 15 is 4.39 Å². The lowest BCUT2D eigenvalue weighted by Crippen LogP contribution is -2.35. The van der Waals surface area contributed by atoms with Gasteiger partial charge in [0.1, 0.15) is 18.5 Å². The van der Waals surface area contributed by atoms with Gasteiger partial charge < -0.3 is 9.47 Å². The maximum atomic E-state index is 15.4. The van der Waals surface area contributed by atoms with Gasteiger partial charge in [0.25, 0.3) is 0 Å². The van der Waals surface area contributed by atoms with E-state index in [1.54, 1.807) is 18.7 Å². The molecule has 0 N–H and O–H groups in total. The third-order valence-electron chi connectivity index (χ3n) is 7.36. The summed E-state index contributed by atoms with van der Waals surface area (Å²) in [5.74, 6) is -0.0906. The Morgan fingerprint density at radius 1 is 1.00 bits per heavy atom. The normalized spacial score (nSPS) is 24.6. The Morgan fingerprint density at radius 2 is 1.74 bits per heavy atom. The molecule has 1 aromatic heterocycles. The van der Waals surface area contributed by atoms with Crippen molar-refractivity contribution in [3.05, 3.63) is 78.1 Å². The maximum Gasteiger partial charge on any atom is 0.129 e. The Hall–Kier alpha value is -2.51. The highest BCUT2D eigenvalue weighted by Gasteiger charge is 2.31. The molecule has 2 aliphatic rings. The molecule has 0 saturated carbocycles. The fraction of sp³-hybridized carbons (Fsp3) is 0.444. The van der Waals surface area contributed by atoms with Gasteiger partial charge in [-0.15, -0.1) is 20.9 Å². The minimum atomic E-state index is -0.0906. The third kappa shape index (κ3) is 4.82. The molecule has 0 bridgehead atoms. The Morgan fingerprint density at radius 3 is 2.41 bits per heavy atom. The van der Waals surface area contributed by atoms with E-state index in [1.807, 2.05) is 6.07 Å². The third-order valence-corrected chi connectivity index (χ3v) is 9.97. The molecule has 2 saturated heterocycles. The maximum absolute atomic E-state index is 15.4. The highest BCUT2D eigenvalue weighted by Crippen LogP contribution is 2.48. The van der Waals surface area contributed by atoms with Crippen LogP contribution in [0.2, 0.25) is 0 Å². The summed E-state index contributed by atoms with van der Waals surface area (Å²) in [6.07, 6.45) is 7.94. The van der Waals surface area contributed by atoms with Crippen LogP contribution in [0.4, 0.5) is 10.1 Å². The molecule has 7 heteroatoms. The van der Waals surface area contributed by atoms with Gasteiger partial charge in [-0.2, -0.15) is 0 Å². The van der Waals surface area contributed by atoms with Gasteiger partial charge in [-0.1, -0.05) is 36.4 Å². The molecule has 2 aromatic carbocycles. The number of piperidine rings is 1. The van der Waals surface area contributed by atoms with Gasteiger partial charge in [0.05, 0.1) is 0 Å². The van der Waals surface area contributed by atoms with Gasteiger partial charge in [0, 0.05) is 48.2 Å². The van der Waals surface area contributed by atoms with E-state index in [9.17, 15) is 0 Å². The van der Waals surface area contributed by atoms with Crippen LogP contribution in [0.5, 0.6) is 0 Å². The standard InChI is InChI=1S/C27H34FN5S/c1-3-34-27(22-7-5-4-6-8-22)12-9-21(2)33(34)18-23-10-11-25(17-26(23)28)31-15-13-24(14-16-31)32-19-29-30-20-32/h3-8,10-11,17,19-21,24,27H,9,12-16,18H2,1-2H3/t21-,27?,34?/m0/s1. The molecule has 0 aliphatic carbocycles. The quantitative estimate of drug-likeness (QED) is 0.421. The summed E-state index contributed by atoms with van der Waals surface area (Å²) < 4.78 is 20.0. The number of anilines is 1. The summed E-state index contributed by atoms with van der Waals surface area (Å²) in [5.41, 5.74) is 3.17. The zero-order valence-electron chi connectivity index (χ0n) is 20.1. The van der Waals surface area contributed by atoms with E-state index in [4.69, 9.17) is 0 Å². The van der Waals surface area contributed by atoms with Crippen LogP contribution in [0.25, 0.3) is 0 Å². The molecule has 0 spiro atoms. The molecule has 3 aromatic rings. The highest BCUT2D eigenvalue weighted by atomic mass is 32.2. The van der Waals surface area contributed by atoms with E-state index in [1.165, 1.54) is 12.0 Å². The monoisotopic (exact) mass is 479 g/mol. The summed E-state index contributed by atoms with van der Waals surface area (Å²) in [6.45, 7) is 6.93. The van der Waals surface area contributed by atoms with E-state index in [-0.39, 0.29) is 16.5 Å². The molecule has 5 nitrogen and oxygen atoms in total. The first-order chi connectivity index (χ1) is 16.6. The average Bonchev–Trinajstić information content (AvgIpc) is 3.42. The highest BCUT2D eigenvalue weighted by molar-refractivity contribution is 8.13. The fourth-order valence-electron chi connectivity index (χ4n) is 5.38. The van der Waals surface area contributed by atoms with Crippen LogP contribution < -0.4 is 4.90 Å². The number of aromatic nitrogens is 3.